The Morgan fingerprint density at radius 3 is 2.42 bits per heavy atom. The normalized spacial score (nSPS) is 14.3. The molecule has 4 rings (SSSR count). The maximum Gasteiger partial charge on any atom is 0.308 e. The number of rotatable bonds is 5. The maximum atomic E-state index is 13.5. The first kappa shape index (κ1) is 20.7. The molecular weight excluding hydrogens is 394 g/mol. The summed E-state index contributed by atoms with van der Waals surface area (Å²) >= 11 is 0. The standard InChI is InChI=1S/C24H25N3O4/c1-30-20-10-6-7-18(15-20)22-21(16-27(25-22)19-8-4-3-5-9-19)23(28)26-13-11-17(12-14-26)24(29)31-2/h3-10,15-17H,11-14H2,1-2H3. The Labute approximate surface area is 181 Å². The molecule has 3 aromatic rings. The fourth-order valence-electron chi connectivity index (χ4n) is 3.88. The molecule has 0 atom stereocenters. The molecule has 0 saturated carbocycles. The van der Waals surface area contributed by atoms with Crippen molar-refractivity contribution in [3.8, 4) is 22.7 Å². The van der Waals surface area contributed by atoms with Gasteiger partial charge in [-0.3, -0.25) is 9.59 Å². The Morgan fingerprint density at radius 1 is 1.00 bits per heavy atom. The smallest absolute Gasteiger partial charge is 0.308 e. The molecule has 160 valence electrons. The van der Waals surface area contributed by atoms with E-state index in [9.17, 15) is 9.59 Å². The third-order valence-corrected chi connectivity index (χ3v) is 5.63. The summed E-state index contributed by atoms with van der Waals surface area (Å²) in [6.45, 7) is 1.01. The lowest BCUT2D eigenvalue weighted by Gasteiger charge is -2.30. The minimum atomic E-state index is -0.207. The van der Waals surface area contributed by atoms with Gasteiger partial charge in [-0.2, -0.15) is 5.10 Å². The van der Waals surface area contributed by atoms with Crippen molar-refractivity contribution in [3.63, 3.8) is 0 Å². The predicted molar refractivity (Wildman–Crippen MR) is 116 cm³/mol. The number of ether oxygens (including phenoxy) is 2. The number of nitrogens with zero attached hydrogens (tertiary/aromatic N) is 3. The number of hydrogen-bond acceptors (Lipinski definition) is 5. The molecule has 0 N–H and O–H groups in total. The Hall–Kier alpha value is -3.61. The number of carbonyl (C=O) groups excluding carboxylic acids is 2. The molecule has 0 radical (unpaired) electrons. The molecule has 0 spiro atoms. The van der Waals surface area contributed by atoms with Crippen molar-refractivity contribution in [1.29, 1.82) is 0 Å². The number of benzene rings is 2. The van der Waals surface area contributed by atoms with E-state index in [0.29, 0.717) is 42.9 Å². The van der Waals surface area contributed by atoms with Gasteiger partial charge in [0.2, 0.25) is 0 Å². The van der Waals surface area contributed by atoms with Gasteiger partial charge in [-0.25, -0.2) is 4.68 Å². The highest BCUT2D eigenvalue weighted by atomic mass is 16.5. The number of carbonyl (C=O) groups is 2. The average Bonchev–Trinajstić information content (AvgIpc) is 3.29. The van der Waals surface area contributed by atoms with Crippen molar-refractivity contribution >= 4 is 11.9 Å². The number of likely N-dealkylation sites (tertiary alicyclic amines) is 1. The number of aromatic nitrogens is 2. The second kappa shape index (κ2) is 9.04. The van der Waals surface area contributed by atoms with E-state index in [1.807, 2.05) is 54.6 Å². The van der Waals surface area contributed by atoms with E-state index in [4.69, 9.17) is 14.6 Å². The third-order valence-electron chi connectivity index (χ3n) is 5.63. The number of para-hydroxylation sites is 1. The number of methoxy groups -OCH3 is 2. The number of amides is 1. The number of esters is 1. The molecule has 0 bridgehead atoms. The monoisotopic (exact) mass is 419 g/mol. The summed E-state index contributed by atoms with van der Waals surface area (Å²) < 4.78 is 11.9. The fraction of sp³-hybridized carbons (Fsp3) is 0.292. The molecule has 1 aliphatic rings. The molecule has 1 aromatic heterocycles. The van der Waals surface area contributed by atoms with Crippen molar-refractivity contribution < 1.29 is 19.1 Å². The molecule has 1 fully saturated rings. The van der Waals surface area contributed by atoms with Gasteiger partial charge in [0.1, 0.15) is 11.4 Å². The Morgan fingerprint density at radius 2 is 1.74 bits per heavy atom. The molecule has 1 amide bonds. The van der Waals surface area contributed by atoms with Gasteiger partial charge in [-0.05, 0) is 37.1 Å². The van der Waals surface area contributed by atoms with Crippen LogP contribution in [-0.4, -0.2) is 53.9 Å². The summed E-state index contributed by atoms with van der Waals surface area (Å²) in [5.74, 6) is 0.243. The summed E-state index contributed by atoms with van der Waals surface area (Å²) in [5.41, 5.74) is 2.80. The quantitative estimate of drug-likeness (QED) is 0.591. The molecule has 1 aliphatic heterocycles. The van der Waals surface area contributed by atoms with Crippen LogP contribution in [0.25, 0.3) is 16.9 Å². The Balaban J connectivity index is 1.68. The van der Waals surface area contributed by atoms with Gasteiger partial charge in [0.25, 0.3) is 5.91 Å². The highest BCUT2D eigenvalue weighted by Gasteiger charge is 2.30. The highest BCUT2D eigenvalue weighted by molar-refractivity contribution is 6.00. The van der Waals surface area contributed by atoms with E-state index >= 15 is 0 Å². The highest BCUT2D eigenvalue weighted by Crippen LogP contribution is 2.29. The van der Waals surface area contributed by atoms with Crippen LogP contribution < -0.4 is 4.74 Å². The van der Waals surface area contributed by atoms with E-state index in [0.717, 1.165) is 11.3 Å². The van der Waals surface area contributed by atoms with E-state index in [1.54, 1.807) is 22.9 Å². The van der Waals surface area contributed by atoms with Crippen LogP contribution in [0.15, 0.2) is 60.8 Å². The summed E-state index contributed by atoms with van der Waals surface area (Å²) in [6, 6.07) is 17.2. The van der Waals surface area contributed by atoms with Crippen molar-refractivity contribution in [2.24, 2.45) is 5.92 Å². The van der Waals surface area contributed by atoms with Gasteiger partial charge < -0.3 is 14.4 Å². The van der Waals surface area contributed by atoms with Crippen LogP contribution in [0.2, 0.25) is 0 Å². The lowest BCUT2D eigenvalue weighted by molar-refractivity contribution is -0.146. The first-order valence-electron chi connectivity index (χ1n) is 10.3. The summed E-state index contributed by atoms with van der Waals surface area (Å²) in [4.78, 5) is 27.1. The summed E-state index contributed by atoms with van der Waals surface area (Å²) in [5, 5.41) is 4.74. The van der Waals surface area contributed by atoms with Gasteiger partial charge in [-0.1, -0.05) is 30.3 Å². The Bertz CT molecular complexity index is 1070. The molecule has 7 heteroatoms. The first-order valence-corrected chi connectivity index (χ1v) is 10.3. The average molecular weight is 419 g/mol. The minimum Gasteiger partial charge on any atom is -0.497 e. The summed E-state index contributed by atoms with van der Waals surface area (Å²) in [6.07, 6.45) is 2.97. The molecule has 7 nitrogen and oxygen atoms in total. The predicted octanol–water partition coefficient (Wildman–Crippen LogP) is 3.57. The zero-order valence-electron chi connectivity index (χ0n) is 17.7. The maximum absolute atomic E-state index is 13.5. The van der Waals surface area contributed by atoms with Crippen LogP contribution in [0.5, 0.6) is 5.75 Å². The van der Waals surface area contributed by atoms with Gasteiger partial charge in [0.05, 0.1) is 31.4 Å². The fourth-order valence-corrected chi connectivity index (χ4v) is 3.88. The van der Waals surface area contributed by atoms with Gasteiger partial charge in [-0.15, -0.1) is 0 Å². The second-order valence-electron chi connectivity index (χ2n) is 7.49. The van der Waals surface area contributed by atoms with E-state index in [1.165, 1.54) is 7.11 Å². The van der Waals surface area contributed by atoms with Crippen LogP contribution in [0.1, 0.15) is 23.2 Å². The molecule has 0 aliphatic carbocycles. The molecular formula is C24H25N3O4. The van der Waals surface area contributed by atoms with Gasteiger partial charge in [0.15, 0.2) is 0 Å². The van der Waals surface area contributed by atoms with Crippen LogP contribution in [0.3, 0.4) is 0 Å². The van der Waals surface area contributed by atoms with Crippen molar-refractivity contribution in [3.05, 3.63) is 66.4 Å². The first-order chi connectivity index (χ1) is 15.1. The molecule has 0 unspecified atom stereocenters. The van der Waals surface area contributed by atoms with Crippen molar-refractivity contribution in [2.45, 2.75) is 12.8 Å². The Kier molecular flexibility index (Phi) is 6.02. The van der Waals surface area contributed by atoms with E-state index in [-0.39, 0.29) is 17.8 Å². The zero-order chi connectivity index (χ0) is 21.8. The van der Waals surface area contributed by atoms with Crippen LogP contribution in [0.4, 0.5) is 0 Å². The zero-order valence-corrected chi connectivity index (χ0v) is 17.7. The lowest BCUT2D eigenvalue weighted by atomic mass is 9.96. The second-order valence-corrected chi connectivity index (χ2v) is 7.49. The van der Waals surface area contributed by atoms with E-state index < -0.39 is 0 Å². The van der Waals surface area contributed by atoms with Crippen LogP contribution >= 0.6 is 0 Å². The minimum absolute atomic E-state index is 0.0942. The lowest BCUT2D eigenvalue weighted by Crippen LogP contribution is -2.40. The molecule has 2 heterocycles. The molecule has 31 heavy (non-hydrogen) atoms. The van der Waals surface area contributed by atoms with Crippen molar-refractivity contribution in [1.82, 2.24) is 14.7 Å². The van der Waals surface area contributed by atoms with Crippen LogP contribution in [-0.2, 0) is 9.53 Å². The SMILES string of the molecule is COC(=O)C1CCN(C(=O)c2cn(-c3ccccc3)nc2-c2cccc(OC)c2)CC1. The number of piperidine rings is 1. The topological polar surface area (TPSA) is 73.7 Å². The van der Waals surface area contributed by atoms with E-state index in [2.05, 4.69) is 0 Å². The summed E-state index contributed by atoms with van der Waals surface area (Å²) in [7, 11) is 3.01. The third kappa shape index (κ3) is 4.30. The number of hydrogen-bond donors (Lipinski definition) is 0. The van der Waals surface area contributed by atoms with Gasteiger partial charge in [0, 0.05) is 24.8 Å². The van der Waals surface area contributed by atoms with Gasteiger partial charge >= 0.3 is 5.97 Å². The van der Waals surface area contributed by atoms with Crippen molar-refractivity contribution in [2.75, 3.05) is 27.3 Å². The molecule has 2 aromatic carbocycles. The largest absolute Gasteiger partial charge is 0.497 e. The van der Waals surface area contributed by atoms with Crippen LogP contribution in [0, 0.1) is 5.92 Å². The molecule has 1 saturated heterocycles.